The molecule has 0 aromatic carbocycles. The normalized spacial score (nSPS) is 37.7. The van der Waals surface area contributed by atoms with Crippen LogP contribution in [0.25, 0.3) is 0 Å². The lowest BCUT2D eigenvalue weighted by atomic mass is 9.54. The summed E-state index contributed by atoms with van der Waals surface area (Å²) in [7, 11) is 4.38. The number of furan rings is 1. The van der Waals surface area contributed by atoms with Crippen LogP contribution in [0, 0.1) is 46.8 Å². The van der Waals surface area contributed by atoms with Crippen molar-refractivity contribution in [1.82, 2.24) is 4.90 Å². The van der Waals surface area contributed by atoms with E-state index in [0.29, 0.717) is 99.3 Å². The molecule has 2 bridgehead atoms. The zero-order chi connectivity index (χ0) is 73.6. The number of ether oxygens (including phenoxy) is 10. The Kier molecular flexibility index (Phi) is 25.8. The molecule has 24 heteroatoms. The molecule has 0 radical (unpaired) electrons. The zero-order valence-corrected chi connectivity index (χ0v) is 60.9. The molecule has 1 aromatic heterocycles. The Morgan fingerprint density at radius 2 is 1.50 bits per heavy atom. The fourth-order valence-corrected chi connectivity index (χ4v) is 17.2. The smallest absolute Gasteiger partial charge is 0.342 e. The molecule has 4 aliphatic heterocycles. The highest BCUT2D eigenvalue weighted by atomic mass is 16.6. The number of aliphatic hydroxyl groups excluding tert-OH is 1. The number of carbonyl (C=O) groups excluding carboxylic acids is 10. The second-order valence-corrected chi connectivity index (χ2v) is 30.2. The second kappa shape index (κ2) is 33.3. The predicted octanol–water partition coefficient (Wildman–Crippen LogP) is 9.02. The van der Waals surface area contributed by atoms with Crippen molar-refractivity contribution in [3.63, 3.8) is 0 Å². The van der Waals surface area contributed by atoms with Gasteiger partial charge >= 0.3 is 29.8 Å². The van der Waals surface area contributed by atoms with E-state index in [4.69, 9.17) is 51.8 Å². The van der Waals surface area contributed by atoms with Crippen LogP contribution in [0.3, 0.4) is 0 Å². The van der Waals surface area contributed by atoms with Gasteiger partial charge in [-0.2, -0.15) is 0 Å². The summed E-state index contributed by atoms with van der Waals surface area (Å²) >= 11 is 0. The van der Waals surface area contributed by atoms with Gasteiger partial charge in [0.25, 0.3) is 11.7 Å². The Labute approximate surface area is 591 Å². The third-order valence-corrected chi connectivity index (χ3v) is 23.0. The largest absolute Gasteiger partial charge is 0.461 e. The predicted molar refractivity (Wildman–Crippen MR) is 363 cm³/mol. The lowest BCUT2D eigenvalue weighted by molar-refractivity contribution is -0.265. The quantitative estimate of drug-likeness (QED) is 0.0759. The first-order chi connectivity index (χ1) is 47.9. The van der Waals surface area contributed by atoms with Gasteiger partial charge < -0.3 is 66.9 Å². The van der Waals surface area contributed by atoms with Crippen molar-refractivity contribution in [3.05, 3.63) is 81.9 Å². The number of carbonyl (C=O) groups is 10. The third kappa shape index (κ3) is 16.9. The van der Waals surface area contributed by atoms with Gasteiger partial charge in [0.05, 0.1) is 24.2 Å². The van der Waals surface area contributed by atoms with Crippen LogP contribution in [0.2, 0.25) is 0 Å². The number of ketones is 4. The van der Waals surface area contributed by atoms with Crippen LogP contribution < -0.4 is 0 Å². The summed E-state index contributed by atoms with van der Waals surface area (Å²) in [5, 5.41) is 23.7. The fourth-order valence-electron chi connectivity index (χ4n) is 17.2. The summed E-state index contributed by atoms with van der Waals surface area (Å²) in [6.45, 7) is 16.3. The van der Waals surface area contributed by atoms with Gasteiger partial charge in [-0.25, -0.2) is 19.2 Å². The molecular weight excluding hydrogens is 1310 g/mol. The number of fused-ring (bicyclic) bond motifs is 6. The molecule has 4 aliphatic carbocycles. The molecule has 1 aromatic rings. The van der Waals surface area contributed by atoms with Crippen molar-refractivity contribution in [2.24, 2.45) is 46.8 Å². The standard InChI is InChI=1S/C77H105NO23/c1-41-19-15-14-16-20-42(2)56(92-12)34-51-25-22-47(7)77(90,101-51)71(86)72(87)78-30-18-17-21-54(78)74(89)98-57(35-55(80)43(3)32-46(6)67(84)70(93-13)66(83)45(5)31-41)44(4)33-49-23-26-50(27-24-49)97-61(81)39-94-40-62(82)99-59-29-28-53-63-65(58(96-48(8)79)36-75(53,59)9)76(10)60(38-91-11)100-73(88)52-37-95-69(64(52)76)68(63)85/h14-16,19-20,32,37,41,43-45,47,49-51,53-54,56-60,67,70,84,90H,17-18,21-31,33-36,38-40H2,1-13H3/b16-14+,19-15+,42-20+,46-32+/t41-,43-,44+,45-,47-,49?,50?,51+,53?,54+,56+,57+,58-,59+,60-,67-,70+,75+,76+,77-/m1/s1. The minimum atomic E-state index is -2.50. The van der Waals surface area contributed by atoms with Gasteiger partial charge in [0.1, 0.15) is 79.6 Å². The molecule has 2 saturated carbocycles. The number of methoxy groups -OCH3 is 3. The molecule has 101 heavy (non-hydrogen) atoms. The summed E-state index contributed by atoms with van der Waals surface area (Å²) in [6.07, 6.45) is 10.4. The average Bonchev–Trinajstić information content (AvgIpc) is 1.65. The van der Waals surface area contributed by atoms with Gasteiger partial charge in [0, 0.05) is 81.9 Å². The van der Waals surface area contributed by atoms with Gasteiger partial charge in [-0.3, -0.25) is 28.8 Å². The minimum Gasteiger partial charge on any atom is -0.461 e. The Morgan fingerprint density at radius 3 is 2.19 bits per heavy atom. The van der Waals surface area contributed by atoms with E-state index in [1.54, 1.807) is 40.9 Å². The average molecular weight is 1410 g/mol. The molecule has 0 spiro atoms. The third-order valence-electron chi connectivity index (χ3n) is 23.0. The Balaban J connectivity index is 0.839. The maximum Gasteiger partial charge on any atom is 0.342 e. The van der Waals surface area contributed by atoms with Gasteiger partial charge in [0.15, 0.2) is 11.5 Å². The Bertz CT molecular complexity index is 3440. The minimum absolute atomic E-state index is 0.00168. The van der Waals surface area contributed by atoms with Crippen LogP contribution in [0.5, 0.6) is 0 Å². The van der Waals surface area contributed by atoms with Crippen LogP contribution in [0.1, 0.15) is 198 Å². The van der Waals surface area contributed by atoms with E-state index in [2.05, 4.69) is 0 Å². The summed E-state index contributed by atoms with van der Waals surface area (Å²) in [5.74, 6) is -12.4. The van der Waals surface area contributed by atoms with Crippen LogP contribution in [0.4, 0.5) is 0 Å². The highest BCUT2D eigenvalue weighted by Crippen LogP contribution is 2.63. The zero-order valence-electron chi connectivity index (χ0n) is 60.9. The number of aliphatic hydroxyl groups is 2. The van der Waals surface area contributed by atoms with Crippen molar-refractivity contribution < 1.29 is 110 Å². The van der Waals surface area contributed by atoms with E-state index >= 15 is 0 Å². The first-order valence-electron chi connectivity index (χ1n) is 36.1. The highest BCUT2D eigenvalue weighted by molar-refractivity contribution is 6.39. The van der Waals surface area contributed by atoms with E-state index in [0.717, 1.165) is 10.5 Å². The fraction of sp³-hybridized carbons (Fsp3) is 0.688. The lowest BCUT2D eigenvalue weighted by Crippen LogP contribution is -2.61. The van der Waals surface area contributed by atoms with Crippen molar-refractivity contribution in [2.75, 3.05) is 47.7 Å². The Morgan fingerprint density at radius 1 is 0.792 bits per heavy atom. The van der Waals surface area contributed by atoms with Crippen molar-refractivity contribution in [1.29, 1.82) is 0 Å². The second-order valence-electron chi connectivity index (χ2n) is 30.2. The van der Waals surface area contributed by atoms with E-state index in [-0.39, 0.29) is 73.6 Å². The van der Waals surface area contributed by atoms with E-state index in [9.17, 15) is 58.2 Å². The molecule has 24 nitrogen and oxygen atoms in total. The summed E-state index contributed by atoms with van der Waals surface area (Å²) in [4.78, 5) is 141. The Hall–Kier alpha value is -6.80. The summed E-state index contributed by atoms with van der Waals surface area (Å²) < 4.78 is 64.8. The van der Waals surface area contributed by atoms with Crippen LogP contribution in [0.15, 0.2) is 69.4 Å². The molecule has 2 N–H and O–H groups in total. The summed E-state index contributed by atoms with van der Waals surface area (Å²) in [5.41, 5.74) is 0.448. The molecule has 8 aliphatic rings. The highest BCUT2D eigenvalue weighted by Gasteiger charge is 2.65. The van der Waals surface area contributed by atoms with Gasteiger partial charge in [-0.05, 0) is 151 Å². The number of amides is 1. The SMILES string of the molecule is COC[C@H]1OC(=O)c2coc3c2[C@@]1(C)C1=C(C3=O)C2CC[C@H](OC(=O)COCC(=O)OC3CCC(C[C@H](C)[C@@H]4CC(=O)[C@H](C)/C=C(\C)[C@@H](O)[C@@H](OC)C(=O)[C@H](C)C[C@H](C)/C=C/C=C/C=C(\C)[C@@H](OC)C[C@@H]5CC[C@@H](C)[C@@](O)(O5)C(=O)C(=O)N5CCCC[C@H]5C(=O)O4)CC3)[C@@]2(C)C[C@H]1OC(C)=O. The number of hydrogen-bond donors (Lipinski definition) is 2. The van der Waals surface area contributed by atoms with Gasteiger partial charge in [-0.1, -0.05) is 78.0 Å². The number of piperidine rings is 1. The van der Waals surface area contributed by atoms with Crippen molar-refractivity contribution in [3.8, 4) is 0 Å². The molecule has 4 fully saturated rings. The molecule has 18 atom stereocenters. The topological polar surface area (TPSA) is 320 Å². The molecule has 5 heterocycles. The number of Topliss-reactive ketones (excluding diaryl/α,β-unsaturated/α-hetero) is 4. The molecule has 2 saturated heterocycles. The van der Waals surface area contributed by atoms with Crippen molar-refractivity contribution >= 4 is 58.9 Å². The number of nitrogens with zero attached hydrogens (tertiary/aromatic N) is 1. The number of allylic oxidation sites excluding steroid dienone is 7. The molecule has 1 unspecified atom stereocenters. The molecule has 1 amide bonds. The maximum atomic E-state index is 14.7. The number of esters is 5. The van der Waals surface area contributed by atoms with Crippen LogP contribution in [-0.2, 0) is 91.1 Å². The number of hydrogen-bond acceptors (Lipinski definition) is 23. The van der Waals surface area contributed by atoms with Gasteiger partial charge in [0.2, 0.25) is 11.6 Å². The van der Waals surface area contributed by atoms with Crippen molar-refractivity contribution in [2.45, 2.75) is 244 Å². The van der Waals surface area contributed by atoms with Gasteiger partial charge in [-0.15, -0.1) is 0 Å². The van der Waals surface area contributed by atoms with E-state index < -0.39 is 168 Å². The summed E-state index contributed by atoms with van der Waals surface area (Å²) in [6, 6.07) is -1.23. The maximum absolute atomic E-state index is 14.7. The number of cyclic esters (lactones) is 2. The first-order valence-corrected chi connectivity index (χ1v) is 36.1. The molecular formula is C77H105NO23. The lowest BCUT2D eigenvalue weighted by Gasteiger charge is -2.52. The monoisotopic (exact) mass is 1410 g/mol. The first kappa shape index (κ1) is 78.3. The van der Waals surface area contributed by atoms with Crippen LogP contribution >= 0.6 is 0 Å². The van der Waals surface area contributed by atoms with E-state index in [1.807, 2.05) is 65.0 Å². The molecule has 556 valence electrons. The number of rotatable bonds is 14. The van der Waals surface area contributed by atoms with E-state index in [1.165, 1.54) is 27.4 Å². The van der Waals surface area contributed by atoms with Crippen LogP contribution in [-0.4, -0.2) is 188 Å². The molecule has 9 rings (SSSR count).